The number of rotatable bonds is 17. The molecule has 1 rings (SSSR count). The van der Waals surface area contributed by atoms with Crippen LogP contribution < -0.4 is 0 Å². The van der Waals surface area contributed by atoms with Gasteiger partial charge in [0.15, 0.2) is 0 Å². The van der Waals surface area contributed by atoms with E-state index in [4.69, 9.17) is 0 Å². The molecule has 0 aromatic heterocycles. The van der Waals surface area contributed by atoms with E-state index in [9.17, 15) is 9.90 Å². The quantitative estimate of drug-likeness (QED) is 0.197. The smallest absolute Gasteiger partial charge is 0.309 e. The third kappa shape index (κ3) is 9.79. The highest BCUT2D eigenvalue weighted by Crippen LogP contribution is 2.45. The summed E-state index contributed by atoms with van der Waals surface area (Å²) >= 11 is 0. The van der Waals surface area contributed by atoms with Gasteiger partial charge in [-0.05, 0) is 25.2 Å². The van der Waals surface area contributed by atoms with Crippen molar-refractivity contribution in [3.05, 3.63) is 0 Å². The van der Waals surface area contributed by atoms with Gasteiger partial charge in [0.25, 0.3) is 0 Å². The SMILES string of the molecule is CCCCCCCCCCCCCCCC(CC)C1(C(=O)O)CCCCCC1. The number of hydrogen-bond donors (Lipinski definition) is 1. The van der Waals surface area contributed by atoms with E-state index in [0.717, 1.165) is 38.5 Å². The second-order valence-electron chi connectivity index (χ2n) is 9.51. The van der Waals surface area contributed by atoms with Gasteiger partial charge < -0.3 is 5.11 Å². The molecule has 0 amide bonds. The number of carbonyl (C=O) groups is 1. The zero-order chi connectivity index (χ0) is 20.5. The largest absolute Gasteiger partial charge is 0.481 e. The molecule has 0 radical (unpaired) electrons. The van der Waals surface area contributed by atoms with Crippen molar-refractivity contribution in [2.24, 2.45) is 11.3 Å². The third-order valence-electron chi connectivity index (χ3n) is 7.35. The van der Waals surface area contributed by atoms with Crippen LogP contribution in [0.5, 0.6) is 0 Å². The van der Waals surface area contributed by atoms with Crippen LogP contribution in [-0.2, 0) is 4.79 Å². The van der Waals surface area contributed by atoms with Crippen molar-refractivity contribution in [2.45, 2.75) is 149 Å². The minimum Gasteiger partial charge on any atom is -0.481 e. The van der Waals surface area contributed by atoms with Gasteiger partial charge in [0.2, 0.25) is 0 Å². The summed E-state index contributed by atoms with van der Waals surface area (Å²) in [5.74, 6) is -0.119. The van der Waals surface area contributed by atoms with Crippen molar-refractivity contribution in [3.63, 3.8) is 0 Å². The molecule has 1 fully saturated rings. The Hall–Kier alpha value is -0.530. The lowest BCUT2D eigenvalue weighted by Crippen LogP contribution is -2.38. The van der Waals surface area contributed by atoms with Crippen molar-refractivity contribution >= 4 is 5.97 Å². The molecule has 1 aliphatic rings. The number of hydrogen-bond acceptors (Lipinski definition) is 1. The molecular weight excluding hydrogens is 344 g/mol. The molecule has 0 spiro atoms. The van der Waals surface area contributed by atoms with Gasteiger partial charge >= 0.3 is 5.97 Å². The van der Waals surface area contributed by atoms with E-state index in [1.54, 1.807) is 0 Å². The Kier molecular flexibility index (Phi) is 14.8. The molecule has 166 valence electrons. The molecule has 0 aliphatic heterocycles. The predicted octanol–water partition coefficient (Wildman–Crippen LogP) is 8.92. The first-order chi connectivity index (χ1) is 13.7. The number of unbranched alkanes of at least 4 members (excludes halogenated alkanes) is 12. The van der Waals surface area contributed by atoms with E-state index in [2.05, 4.69) is 13.8 Å². The molecule has 0 aromatic carbocycles. The lowest BCUT2D eigenvalue weighted by Gasteiger charge is -2.36. The Bertz CT molecular complexity index is 369. The molecule has 2 heteroatoms. The van der Waals surface area contributed by atoms with Gasteiger partial charge in [0.05, 0.1) is 5.41 Å². The van der Waals surface area contributed by atoms with Gasteiger partial charge in [-0.2, -0.15) is 0 Å². The Morgan fingerprint density at radius 3 is 1.54 bits per heavy atom. The predicted molar refractivity (Wildman–Crippen MR) is 122 cm³/mol. The van der Waals surface area contributed by atoms with Gasteiger partial charge in [-0.25, -0.2) is 0 Å². The van der Waals surface area contributed by atoms with E-state index in [1.807, 2.05) is 0 Å². The highest BCUT2D eigenvalue weighted by atomic mass is 16.4. The molecule has 0 saturated heterocycles. The molecule has 2 nitrogen and oxygen atoms in total. The zero-order valence-corrected chi connectivity index (χ0v) is 19.3. The number of aliphatic carboxylic acids is 1. The van der Waals surface area contributed by atoms with E-state index in [1.165, 1.54) is 96.3 Å². The van der Waals surface area contributed by atoms with Crippen LogP contribution in [0.4, 0.5) is 0 Å². The Morgan fingerprint density at radius 2 is 1.14 bits per heavy atom. The summed E-state index contributed by atoms with van der Waals surface area (Å²) < 4.78 is 0. The molecule has 1 atom stereocenters. The highest BCUT2D eigenvalue weighted by Gasteiger charge is 2.44. The fraction of sp³-hybridized carbons (Fsp3) is 0.962. The minimum absolute atomic E-state index is 0.385. The molecule has 1 unspecified atom stereocenters. The average Bonchev–Trinajstić information content (AvgIpc) is 2.95. The topological polar surface area (TPSA) is 37.3 Å². The molecule has 0 heterocycles. The van der Waals surface area contributed by atoms with Gasteiger partial charge in [0.1, 0.15) is 0 Å². The molecule has 1 N–H and O–H groups in total. The molecule has 1 saturated carbocycles. The monoisotopic (exact) mass is 394 g/mol. The first kappa shape index (κ1) is 25.5. The maximum absolute atomic E-state index is 12.2. The van der Waals surface area contributed by atoms with Crippen LogP contribution in [0.2, 0.25) is 0 Å². The van der Waals surface area contributed by atoms with Crippen molar-refractivity contribution in [1.82, 2.24) is 0 Å². The summed E-state index contributed by atoms with van der Waals surface area (Å²) in [5.41, 5.74) is -0.414. The summed E-state index contributed by atoms with van der Waals surface area (Å²) in [6.45, 7) is 4.49. The van der Waals surface area contributed by atoms with Gasteiger partial charge in [0, 0.05) is 0 Å². The first-order valence-electron chi connectivity index (χ1n) is 12.9. The van der Waals surface area contributed by atoms with Gasteiger partial charge in [-0.15, -0.1) is 0 Å². The van der Waals surface area contributed by atoms with E-state index >= 15 is 0 Å². The Labute approximate surface area is 176 Å². The molecule has 1 aliphatic carbocycles. The van der Waals surface area contributed by atoms with E-state index in [0.29, 0.717) is 5.92 Å². The number of carboxylic acids is 1. The lowest BCUT2D eigenvalue weighted by molar-refractivity contribution is -0.154. The fourth-order valence-electron chi connectivity index (χ4n) is 5.44. The number of carboxylic acid groups (broad SMARTS) is 1. The summed E-state index contributed by atoms with van der Waals surface area (Å²) in [4.78, 5) is 12.2. The standard InChI is InChI=1S/C26H50O2/c1-3-5-6-7-8-9-10-11-12-13-14-15-18-21-24(4-2)26(25(27)28)22-19-16-17-20-23-26/h24H,3-23H2,1-2H3,(H,27,28). The molecule has 28 heavy (non-hydrogen) atoms. The maximum atomic E-state index is 12.2. The third-order valence-corrected chi connectivity index (χ3v) is 7.35. The summed E-state index contributed by atoms with van der Waals surface area (Å²) in [6.07, 6.45) is 26.6. The van der Waals surface area contributed by atoms with Crippen molar-refractivity contribution in [3.8, 4) is 0 Å². The first-order valence-corrected chi connectivity index (χ1v) is 12.9. The van der Waals surface area contributed by atoms with Crippen LogP contribution >= 0.6 is 0 Å². The van der Waals surface area contributed by atoms with E-state index < -0.39 is 11.4 Å². The van der Waals surface area contributed by atoms with Crippen LogP contribution in [-0.4, -0.2) is 11.1 Å². The van der Waals surface area contributed by atoms with Crippen LogP contribution in [0, 0.1) is 11.3 Å². The van der Waals surface area contributed by atoms with E-state index in [-0.39, 0.29) is 0 Å². The highest BCUT2D eigenvalue weighted by molar-refractivity contribution is 5.75. The van der Waals surface area contributed by atoms with Crippen LogP contribution in [0.25, 0.3) is 0 Å². The average molecular weight is 395 g/mol. The normalized spacial score (nSPS) is 17.9. The van der Waals surface area contributed by atoms with Crippen LogP contribution in [0.3, 0.4) is 0 Å². The lowest BCUT2D eigenvalue weighted by atomic mass is 9.67. The fourth-order valence-corrected chi connectivity index (χ4v) is 5.44. The van der Waals surface area contributed by atoms with Gasteiger partial charge in [-0.1, -0.05) is 129 Å². The summed E-state index contributed by atoms with van der Waals surface area (Å²) in [5, 5.41) is 10.0. The minimum atomic E-state index is -0.504. The second-order valence-corrected chi connectivity index (χ2v) is 9.51. The molecular formula is C26H50O2. The summed E-state index contributed by atoms with van der Waals surface area (Å²) in [6, 6.07) is 0. The molecule has 0 bridgehead atoms. The van der Waals surface area contributed by atoms with Crippen LogP contribution in [0.1, 0.15) is 149 Å². The zero-order valence-electron chi connectivity index (χ0n) is 19.3. The van der Waals surface area contributed by atoms with Crippen molar-refractivity contribution in [2.75, 3.05) is 0 Å². The second kappa shape index (κ2) is 16.3. The van der Waals surface area contributed by atoms with Crippen molar-refractivity contribution in [1.29, 1.82) is 0 Å². The molecule has 0 aromatic rings. The summed E-state index contributed by atoms with van der Waals surface area (Å²) in [7, 11) is 0. The van der Waals surface area contributed by atoms with Crippen LogP contribution in [0.15, 0.2) is 0 Å². The maximum Gasteiger partial charge on any atom is 0.309 e. The Morgan fingerprint density at radius 1 is 0.714 bits per heavy atom. The van der Waals surface area contributed by atoms with Crippen molar-refractivity contribution < 1.29 is 9.90 Å². The Balaban J connectivity index is 2.11. The van der Waals surface area contributed by atoms with Gasteiger partial charge in [-0.3, -0.25) is 4.79 Å².